The van der Waals surface area contributed by atoms with Gasteiger partial charge in [-0.3, -0.25) is 4.79 Å². The fraction of sp³-hybridized carbons (Fsp3) is 0.471. The Bertz CT molecular complexity index is 586. The van der Waals surface area contributed by atoms with Crippen LogP contribution in [0.25, 0.3) is 0 Å². The van der Waals surface area contributed by atoms with Gasteiger partial charge in [0.2, 0.25) is 0 Å². The smallest absolute Gasteiger partial charge is 0.330 e. The summed E-state index contributed by atoms with van der Waals surface area (Å²) in [6.45, 7) is 4.45. The topological polar surface area (TPSA) is 71.5 Å². The summed E-state index contributed by atoms with van der Waals surface area (Å²) in [5, 5.41) is 2.74. The van der Waals surface area contributed by atoms with Crippen molar-refractivity contribution in [1.82, 2.24) is 10.3 Å². The third-order valence-electron chi connectivity index (χ3n) is 3.82. The summed E-state index contributed by atoms with van der Waals surface area (Å²) < 4.78 is 4.48. The lowest BCUT2D eigenvalue weighted by atomic mass is 10.0. The molecule has 0 saturated carbocycles. The van der Waals surface area contributed by atoms with Gasteiger partial charge in [0, 0.05) is 37.5 Å². The average Bonchev–Trinajstić information content (AvgIpc) is 2.58. The van der Waals surface area contributed by atoms with Gasteiger partial charge in [0.05, 0.1) is 7.11 Å². The van der Waals surface area contributed by atoms with E-state index in [0.29, 0.717) is 11.5 Å². The summed E-state index contributed by atoms with van der Waals surface area (Å²) in [5.41, 5.74) is 0.569. The second kappa shape index (κ2) is 8.31. The largest absolute Gasteiger partial charge is 0.466 e. The Kier molecular flexibility index (Phi) is 6.14. The minimum absolute atomic E-state index is 0.187. The van der Waals surface area contributed by atoms with E-state index in [1.54, 1.807) is 18.3 Å². The van der Waals surface area contributed by atoms with Gasteiger partial charge in [-0.15, -0.1) is 0 Å². The van der Waals surface area contributed by atoms with Crippen LogP contribution in [0.4, 0.5) is 5.82 Å². The van der Waals surface area contributed by atoms with Gasteiger partial charge in [-0.25, -0.2) is 9.78 Å². The quantitative estimate of drug-likeness (QED) is 0.662. The third-order valence-corrected chi connectivity index (χ3v) is 3.82. The highest BCUT2D eigenvalue weighted by atomic mass is 16.5. The standard InChI is InChI=1S/C17H23N3O3/c1-13-5-4-10-20(12-13)15-11-14(7-9-18-15)17(22)19-8-3-6-16(21)23-2/h3,6-7,9,11,13H,4-5,8,10,12H2,1-2H3,(H,19,22)/b6-3+. The second-order valence-corrected chi connectivity index (χ2v) is 5.73. The molecule has 0 bridgehead atoms. The Balaban J connectivity index is 1.94. The van der Waals surface area contributed by atoms with Crippen molar-refractivity contribution in [2.45, 2.75) is 19.8 Å². The minimum Gasteiger partial charge on any atom is -0.466 e. The number of aromatic nitrogens is 1. The number of amides is 1. The van der Waals surface area contributed by atoms with Crippen molar-refractivity contribution < 1.29 is 14.3 Å². The zero-order valence-electron chi connectivity index (χ0n) is 13.6. The van der Waals surface area contributed by atoms with Gasteiger partial charge >= 0.3 is 5.97 Å². The van der Waals surface area contributed by atoms with Crippen LogP contribution in [-0.4, -0.2) is 43.6 Å². The molecule has 124 valence electrons. The average molecular weight is 317 g/mol. The molecule has 1 aromatic rings. The van der Waals surface area contributed by atoms with E-state index in [4.69, 9.17) is 0 Å². The normalized spacial score (nSPS) is 18.0. The van der Waals surface area contributed by atoms with Crippen molar-refractivity contribution >= 4 is 17.7 Å². The molecule has 1 aliphatic rings. The molecule has 0 spiro atoms. The van der Waals surface area contributed by atoms with Crippen molar-refractivity contribution in [2.75, 3.05) is 31.6 Å². The monoisotopic (exact) mass is 317 g/mol. The van der Waals surface area contributed by atoms with Crippen molar-refractivity contribution in [2.24, 2.45) is 5.92 Å². The molecule has 1 aliphatic heterocycles. The molecule has 23 heavy (non-hydrogen) atoms. The van der Waals surface area contributed by atoms with Gasteiger partial charge in [0.1, 0.15) is 5.82 Å². The van der Waals surface area contributed by atoms with Crippen LogP contribution in [0.15, 0.2) is 30.5 Å². The number of esters is 1. The number of pyridine rings is 1. The highest BCUT2D eigenvalue weighted by Crippen LogP contribution is 2.21. The van der Waals surface area contributed by atoms with Crippen LogP contribution in [0, 0.1) is 5.92 Å². The molecule has 6 heteroatoms. The number of anilines is 1. The number of hydrogen-bond acceptors (Lipinski definition) is 5. The lowest BCUT2D eigenvalue weighted by Gasteiger charge is -2.31. The van der Waals surface area contributed by atoms with Crippen LogP contribution in [0.3, 0.4) is 0 Å². The van der Waals surface area contributed by atoms with E-state index >= 15 is 0 Å². The first-order valence-electron chi connectivity index (χ1n) is 7.84. The van der Waals surface area contributed by atoms with Crippen LogP contribution in [0.2, 0.25) is 0 Å². The minimum atomic E-state index is -0.440. The van der Waals surface area contributed by atoms with Crippen molar-refractivity contribution in [3.8, 4) is 0 Å². The van der Waals surface area contributed by atoms with Gasteiger partial charge < -0.3 is 15.0 Å². The number of carbonyl (C=O) groups excluding carboxylic acids is 2. The Labute approximate surface area is 136 Å². The first-order chi connectivity index (χ1) is 11.1. The van der Waals surface area contributed by atoms with Gasteiger partial charge in [-0.1, -0.05) is 13.0 Å². The summed E-state index contributed by atoms with van der Waals surface area (Å²) in [4.78, 5) is 29.7. The summed E-state index contributed by atoms with van der Waals surface area (Å²) >= 11 is 0. The van der Waals surface area contributed by atoms with Gasteiger partial charge in [0.25, 0.3) is 5.91 Å². The summed E-state index contributed by atoms with van der Waals surface area (Å²) in [6, 6.07) is 3.51. The van der Waals surface area contributed by atoms with Crippen molar-refractivity contribution in [3.05, 3.63) is 36.0 Å². The zero-order valence-corrected chi connectivity index (χ0v) is 13.6. The molecule has 2 heterocycles. The van der Waals surface area contributed by atoms with E-state index in [-0.39, 0.29) is 12.5 Å². The predicted molar refractivity (Wildman–Crippen MR) is 88.3 cm³/mol. The second-order valence-electron chi connectivity index (χ2n) is 5.73. The van der Waals surface area contributed by atoms with Gasteiger partial charge in [0.15, 0.2) is 0 Å². The van der Waals surface area contributed by atoms with E-state index in [0.717, 1.165) is 25.3 Å². The van der Waals surface area contributed by atoms with Gasteiger partial charge in [-0.05, 0) is 30.9 Å². The number of nitrogens with one attached hydrogen (secondary N) is 1. The van der Waals surface area contributed by atoms with E-state index in [1.807, 2.05) is 6.07 Å². The summed E-state index contributed by atoms with van der Waals surface area (Å²) in [7, 11) is 1.31. The lowest BCUT2D eigenvalue weighted by Crippen LogP contribution is -2.35. The van der Waals surface area contributed by atoms with Crippen LogP contribution >= 0.6 is 0 Å². The zero-order chi connectivity index (χ0) is 16.7. The number of ether oxygens (including phenoxy) is 1. The molecule has 1 unspecified atom stereocenters. The molecule has 1 N–H and O–H groups in total. The van der Waals surface area contributed by atoms with Crippen LogP contribution in [0.1, 0.15) is 30.1 Å². The molecule has 1 fully saturated rings. The summed E-state index contributed by atoms with van der Waals surface area (Å²) in [5.74, 6) is 0.860. The number of nitrogens with zero attached hydrogens (tertiary/aromatic N) is 2. The van der Waals surface area contributed by atoms with E-state index in [1.165, 1.54) is 19.6 Å². The molecule has 1 aromatic heterocycles. The predicted octanol–water partition coefficient (Wildman–Crippen LogP) is 1.78. The van der Waals surface area contributed by atoms with Crippen LogP contribution in [0.5, 0.6) is 0 Å². The first kappa shape index (κ1) is 17.0. The highest BCUT2D eigenvalue weighted by molar-refractivity contribution is 5.95. The van der Waals surface area contributed by atoms with E-state index in [9.17, 15) is 9.59 Å². The molecule has 2 rings (SSSR count). The maximum absolute atomic E-state index is 12.2. The maximum atomic E-state index is 12.2. The van der Waals surface area contributed by atoms with Crippen LogP contribution < -0.4 is 10.2 Å². The SMILES string of the molecule is COC(=O)/C=C/CNC(=O)c1ccnc(N2CCCC(C)C2)c1. The fourth-order valence-electron chi connectivity index (χ4n) is 2.61. The molecule has 1 amide bonds. The summed E-state index contributed by atoms with van der Waals surface area (Å²) in [6.07, 6.45) is 6.89. The number of carbonyl (C=O) groups is 2. The number of rotatable bonds is 5. The molecule has 0 aliphatic carbocycles. The fourth-order valence-corrected chi connectivity index (χ4v) is 2.61. The Morgan fingerprint density at radius 3 is 3.09 bits per heavy atom. The lowest BCUT2D eigenvalue weighted by molar-refractivity contribution is -0.134. The van der Waals surface area contributed by atoms with E-state index < -0.39 is 5.97 Å². The molecule has 1 atom stereocenters. The molecular formula is C17H23N3O3. The Morgan fingerprint density at radius 1 is 1.52 bits per heavy atom. The molecular weight excluding hydrogens is 294 g/mol. The van der Waals surface area contributed by atoms with Crippen molar-refractivity contribution in [1.29, 1.82) is 0 Å². The van der Waals surface area contributed by atoms with Crippen molar-refractivity contribution in [3.63, 3.8) is 0 Å². The number of hydrogen-bond donors (Lipinski definition) is 1. The van der Waals surface area contributed by atoms with Gasteiger partial charge in [-0.2, -0.15) is 0 Å². The molecule has 0 aromatic carbocycles. The van der Waals surface area contributed by atoms with Crippen LogP contribution in [-0.2, 0) is 9.53 Å². The molecule has 1 saturated heterocycles. The maximum Gasteiger partial charge on any atom is 0.330 e. The molecule has 6 nitrogen and oxygen atoms in total. The first-order valence-corrected chi connectivity index (χ1v) is 7.84. The Hall–Kier alpha value is -2.37. The number of methoxy groups -OCH3 is 1. The third kappa shape index (κ3) is 5.09. The highest BCUT2D eigenvalue weighted by Gasteiger charge is 2.18. The Morgan fingerprint density at radius 2 is 2.35 bits per heavy atom. The molecule has 0 radical (unpaired) electrons. The van der Waals surface area contributed by atoms with E-state index in [2.05, 4.69) is 26.9 Å². The number of piperidine rings is 1.